The zero-order valence-electron chi connectivity index (χ0n) is 26.3. The molecule has 0 amide bonds. The summed E-state index contributed by atoms with van der Waals surface area (Å²) in [6, 6.07) is 43.2. The Balaban J connectivity index is 1.23. The molecule has 7 aromatic rings. The molecule has 1 unspecified atom stereocenters. The maximum atomic E-state index is 12.4. The summed E-state index contributed by atoms with van der Waals surface area (Å²) in [5, 5.41) is 7.99. The average Bonchev–Trinajstić information content (AvgIpc) is 3.47. The molecule has 0 bridgehead atoms. The molecule has 8 rings (SSSR count). The van der Waals surface area contributed by atoms with Crippen molar-refractivity contribution in [2.24, 2.45) is 9.98 Å². The van der Waals surface area contributed by atoms with Crippen LogP contribution in [-0.2, 0) is 0 Å². The van der Waals surface area contributed by atoms with E-state index in [0.717, 1.165) is 71.4 Å². The molecule has 7 nitrogen and oxygen atoms in total. The number of hydrogen-bond acceptors (Lipinski definition) is 6. The van der Waals surface area contributed by atoms with Crippen LogP contribution < -0.4 is 10.2 Å². The van der Waals surface area contributed by atoms with E-state index in [-0.39, 0.29) is 6.17 Å². The molecule has 2 heterocycles. The number of furan rings is 1. The molecule has 228 valence electrons. The monoisotopic (exact) mass is 614 g/mol. The summed E-state index contributed by atoms with van der Waals surface area (Å²) in [4.78, 5) is 24.6. The first kappa shape index (κ1) is 28.4. The van der Waals surface area contributed by atoms with E-state index in [1.54, 1.807) is 0 Å². The van der Waals surface area contributed by atoms with Gasteiger partial charge in [0.15, 0.2) is 12.9 Å². The van der Waals surface area contributed by atoms with Crippen LogP contribution in [0, 0.1) is 4.91 Å². The molecule has 0 spiro atoms. The minimum Gasteiger partial charge on any atom is -0.456 e. The van der Waals surface area contributed by atoms with E-state index in [1.807, 2.05) is 85.7 Å². The molecular formula is C40H32N5O2+. The van der Waals surface area contributed by atoms with Gasteiger partial charge in [0.1, 0.15) is 28.9 Å². The molecule has 1 aliphatic heterocycles. The van der Waals surface area contributed by atoms with Crippen LogP contribution >= 0.6 is 0 Å². The molecule has 7 heteroatoms. The van der Waals surface area contributed by atoms with Crippen LogP contribution in [-0.4, -0.2) is 37.6 Å². The minimum atomic E-state index is -0.330. The van der Waals surface area contributed by atoms with E-state index in [4.69, 9.17) is 14.4 Å². The van der Waals surface area contributed by atoms with Gasteiger partial charge in [0, 0.05) is 51.7 Å². The number of nitroso groups, excluding NO2 is 1. The predicted octanol–water partition coefficient (Wildman–Crippen LogP) is 9.01. The average molecular weight is 615 g/mol. The van der Waals surface area contributed by atoms with Crippen molar-refractivity contribution >= 4 is 55.8 Å². The molecule has 0 aliphatic carbocycles. The Bertz CT molecular complexity index is 2410. The van der Waals surface area contributed by atoms with Crippen LogP contribution in [0.4, 0.5) is 11.4 Å². The molecule has 1 aliphatic rings. The van der Waals surface area contributed by atoms with Gasteiger partial charge in [-0.05, 0) is 69.9 Å². The van der Waals surface area contributed by atoms with Gasteiger partial charge in [-0.1, -0.05) is 78.9 Å². The third kappa shape index (κ3) is 5.21. The Morgan fingerprint density at radius 1 is 0.681 bits per heavy atom. The second-order valence-corrected chi connectivity index (χ2v) is 12.1. The van der Waals surface area contributed by atoms with E-state index in [0.29, 0.717) is 11.5 Å². The standard InChI is InChI=1S/C40H32N5O2/c1-44(2)34-18-16-29(23-35(34)45(3)46)26-14-9-15-30(20-26)39-41-38(25-10-5-4-6-11-25)42-40(43-39)31-17-19-36-32(22-31)33-21-27-12-7-8-13-28(27)24-37(33)47-36/h4-24,38H,1-3H3,(H,41,42,43)/q+1. The molecule has 1 aromatic heterocycles. The molecule has 47 heavy (non-hydrogen) atoms. The van der Waals surface area contributed by atoms with Crippen LogP contribution in [0.15, 0.2) is 142 Å². The molecule has 1 N–H and O–H groups in total. The Morgan fingerprint density at radius 2 is 1.38 bits per heavy atom. The highest BCUT2D eigenvalue weighted by Crippen LogP contribution is 2.35. The molecule has 0 saturated carbocycles. The smallest absolute Gasteiger partial charge is 0.279 e. The fraction of sp³-hybridized carbons (Fsp3) is 0.100. The second-order valence-electron chi connectivity index (χ2n) is 12.1. The van der Waals surface area contributed by atoms with Gasteiger partial charge in [0.25, 0.3) is 5.69 Å². The number of nitrogens with one attached hydrogen (secondary N) is 1. The van der Waals surface area contributed by atoms with Gasteiger partial charge in [-0.15, -0.1) is 0 Å². The number of anilines is 1. The molecule has 0 radical (unpaired) electrons. The van der Waals surface area contributed by atoms with Gasteiger partial charge < -0.3 is 14.6 Å². The number of hydrogen-bond donors (Lipinski definition) is 1. The molecule has 0 fully saturated rings. The fourth-order valence-electron chi connectivity index (χ4n) is 6.31. The minimum absolute atomic E-state index is 0.330. The highest BCUT2D eigenvalue weighted by Gasteiger charge is 2.23. The van der Waals surface area contributed by atoms with Crippen LogP contribution in [0.1, 0.15) is 22.9 Å². The highest BCUT2D eigenvalue weighted by atomic mass is 16.3. The number of aliphatic imine (C=N–C) groups is 2. The van der Waals surface area contributed by atoms with E-state index >= 15 is 0 Å². The van der Waals surface area contributed by atoms with E-state index in [1.165, 1.54) is 12.4 Å². The van der Waals surface area contributed by atoms with Crippen molar-refractivity contribution < 1.29 is 9.18 Å². The second kappa shape index (κ2) is 11.4. The van der Waals surface area contributed by atoms with Gasteiger partial charge in [-0.25, -0.2) is 9.98 Å². The van der Waals surface area contributed by atoms with Crippen molar-refractivity contribution in [3.8, 4) is 11.1 Å². The summed E-state index contributed by atoms with van der Waals surface area (Å²) in [7, 11) is 5.40. The number of nitrogens with zero attached hydrogens (tertiary/aromatic N) is 4. The lowest BCUT2D eigenvalue weighted by Crippen LogP contribution is -2.33. The number of benzene rings is 6. The molecule has 1 atom stereocenters. The van der Waals surface area contributed by atoms with Crippen molar-refractivity contribution in [1.29, 1.82) is 0 Å². The first-order chi connectivity index (χ1) is 22.9. The Kier molecular flexibility index (Phi) is 6.87. The van der Waals surface area contributed by atoms with E-state index in [9.17, 15) is 4.91 Å². The SMILES string of the molecule is CN(C)c1ccc(-c2cccc(C3=NC(c4ccc5oc6cc7ccccc7cc6c5c4)=NC(c4ccccc4)N3)c2)cc1[N+](C)=O. The van der Waals surface area contributed by atoms with Crippen molar-refractivity contribution in [2.75, 3.05) is 26.0 Å². The quantitative estimate of drug-likeness (QED) is 0.190. The maximum absolute atomic E-state index is 12.4. The Morgan fingerprint density at radius 3 is 2.17 bits per heavy atom. The van der Waals surface area contributed by atoms with Crippen molar-refractivity contribution in [3.63, 3.8) is 0 Å². The Hall–Kier alpha value is -6.08. The topological polar surface area (TPSA) is 73.2 Å². The van der Waals surface area contributed by atoms with Crippen LogP contribution in [0.25, 0.3) is 43.8 Å². The number of fused-ring (bicyclic) bond motifs is 4. The van der Waals surface area contributed by atoms with Crippen LogP contribution in [0.3, 0.4) is 0 Å². The molecule has 0 saturated heterocycles. The zero-order valence-corrected chi connectivity index (χ0v) is 26.3. The fourth-order valence-corrected chi connectivity index (χ4v) is 6.31. The van der Waals surface area contributed by atoms with Gasteiger partial charge in [0.2, 0.25) is 0 Å². The third-order valence-corrected chi connectivity index (χ3v) is 8.72. The summed E-state index contributed by atoms with van der Waals surface area (Å²) < 4.78 is 7.18. The lowest BCUT2D eigenvalue weighted by atomic mass is 10.0. The largest absolute Gasteiger partial charge is 0.456 e. The van der Waals surface area contributed by atoms with E-state index < -0.39 is 0 Å². The summed E-state index contributed by atoms with van der Waals surface area (Å²) in [6.45, 7) is 0. The third-order valence-electron chi connectivity index (χ3n) is 8.72. The first-order valence-corrected chi connectivity index (χ1v) is 15.6. The highest BCUT2D eigenvalue weighted by molar-refractivity contribution is 6.16. The Labute approximate surface area is 272 Å². The summed E-state index contributed by atoms with van der Waals surface area (Å²) in [5.41, 5.74) is 7.96. The normalized spacial score (nSPS) is 14.6. The molecular weight excluding hydrogens is 582 g/mol. The summed E-state index contributed by atoms with van der Waals surface area (Å²) in [5.74, 6) is 1.36. The molecule has 6 aromatic carbocycles. The van der Waals surface area contributed by atoms with Gasteiger partial charge in [-0.3, -0.25) is 0 Å². The van der Waals surface area contributed by atoms with Gasteiger partial charge in [-0.2, -0.15) is 0 Å². The van der Waals surface area contributed by atoms with E-state index in [2.05, 4.69) is 66.0 Å². The summed E-state index contributed by atoms with van der Waals surface area (Å²) in [6.07, 6.45) is -0.330. The van der Waals surface area contributed by atoms with Crippen LogP contribution in [0.2, 0.25) is 0 Å². The van der Waals surface area contributed by atoms with Crippen LogP contribution in [0.5, 0.6) is 0 Å². The lowest BCUT2D eigenvalue weighted by molar-refractivity contribution is -0.427. The van der Waals surface area contributed by atoms with Gasteiger partial charge >= 0.3 is 0 Å². The zero-order chi connectivity index (χ0) is 32.1. The van der Waals surface area contributed by atoms with Crippen molar-refractivity contribution in [3.05, 3.63) is 149 Å². The van der Waals surface area contributed by atoms with Crippen molar-refractivity contribution in [1.82, 2.24) is 5.32 Å². The van der Waals surface area contributed by atoms with Crippen molar-refractivity contribution in [2.45, 2.75) is 6.17 Å². The predicted molar refractivity (Wildman–Crippen MR) is 192 cm³/mol. The first-order valence-electron chi connectivity index (χ1n) is 15.6. The lowest BCUT2D eigenvalue weighted by Gasteiger charge is -2.24. The number of rotatable bonds is 6. The number of amidine groups is 2. The van der Waals surface area contributed by atoms with Gasteiger partial charge in [0.05, 0.1) is 0 Å². The maximum Gasteiger partial charge on any atom is 0.279 e. The summed E-state index contributed by atoms with van der Waals surface area (Å²) >= 11 is 0.